The largest absolute Gasteiger partial charge is 0.368 e. The summed E-state index contributed by atoms with van der Waals surface area (Å²) in [6, 6.07) is 26.6. The third-order valence-corrected chi connectivity index (χ3v) is 8.14. The number of nitrogens with two attached hydrogens (primary N) is 1. The fourth-order valence-electron chi connectivity index (χ4n) is 6.12. The lowest BCUT2D eigenvalue weighted by atomic mass is 10.0. The fourth-order valence-corrected chi connectivity index (χ4v) is 6.12. The second kappa shape index (κ2) is 10.9. The number of hydrogen-bond acceptors (Lipinski definition) is 4. The van der Waals surface area contributed by atoms with Gasteiger partial charge in [0.1, 0.15) is 12.1 Å². The molecule has 2 fully saturated rings. The molecule has 0 aliphatic carbocycles. The second-order valence-electron chi connectivity index (χ2n) is 10.8. The highest BCUT2D eigenvalue weighted by Gasteiger charge is 2.37. The highest BCUT2D eigenvalue weighted by molar-refractivity contribution is 5.99. The minimum Gasteiger partial charge on any atom is -0.368 e. The monoisotopic (exact) mass is 535 g/mol. The van der Waals surface area contributed by atoms with Crippen molar-refractivity contribution in [2.24, 2.45) is 5.73 Å². The molecule has 4 aromatic rings. The minimum absolute atomic E-state index is 0.0244. The predicted octanol–water partition coefficient (Wildman–Crippen LogP) is 4.19. The van der Waals surface area contributed by atoms with Gasteiger partial charge in [0, 0.05) is 41.6 Å². The number of aromatic nitrogens is 1. The van der Waals surface area contributed by atoms with E-state index in [1.165, 1.54) is 0 Å². The summed E-state index contributed by atoms with van der Waals surface area (Å²) in [4.78, 5) is 45.8. The Balaban J connectivity index is 1.15. The first kappa shape index (κ1) is 25.7. The smallest absolute Gasteiger partial charge is 0.247 e. The molecule has 8 heteroatoms. The minimum atomic E-state index is -0.473. The van der Waals surface area contributed by atoms with Gasteiger partial charge in [0.2, 0.25) is 17.7 Å². The zero-order chi connectivity index (χ0) is 27.6. The summed E-state index contributed by atoms with van der Waals surface area (Å²) >= 11 is 0. The Bertz CT molecular complexity index is 1530. The Hall–Kier alpha value is -4.59. The topological polar surface area (TPSA) is 112 Å². The molecule has 0 bridgehead atoms. The number of anilines is 2. The molecule has 2 aliphatic rings. The molecule has 0 radical (unpaired) electrons. The number of nitrogens with one attached hydrogen (secondary N) is 2. The number of aromatic amines is 1. The van der Waals surface area contributed by atoms with E-state index in [0.717, 1.165) is 34.3 Å². The number of H-pyrrole nitrogens is 1. The van der Waals surface area contributed by atoms with Gasteiger partial charge in [-0.2, -0.15) is 0 Å². The molecule has 1 aromatic heterocycles. The van der Waals surface area contributed by atoms with E-state index in [4.69, 9.17) is 5.73 Å². The summed E-state index contributed by atoms with van der Waals surface area (Å²) in [5, 5.41) is 4.06. The average molecular weight is 536 g/mol. The Morgan fingerprint density at radius 3 is 2.42 bits per heavy atom. The van der Waals surface area contributed by atoms with Crippen LogP contribution in [0.5, 0.6) is 0 Å². The van der Waals surface area contributed by atoms with Crippen molar-refractivity contribution in [3.05, 3.63) is 96.2 Å². The molecule has 0 saturated carbocycles. The molecule has 0 spiro atoms. The van der Waals surface area contributed by atoms with Crippen LogP contribution in [0.3, 0.4) is 0 Å². The first-order chi connectivity index (χ1) is 19.5. The van der Waals surface area contributed by atoms with Crippen molar-refractivity contribution in [3.63, 3.8) is 0 Å². The van der Waals surface area contributed by atoms with Crippen LogP contribution in [0.25, 0.3) is 10.9 Å². The molecular formula is C32H33N5O3. The average Bonchev–Trinajstić information content (AvgIpc) is 3.72. The Morgan fingerprint density at radius 2 is 1.68 bits per heavy atom. The van der Waals surface area contributed by atoms with Crippen molar-refractivity contribution in [1.29, 1.82) is 0 Å². The maximum atomic E-state index is 13.2. The van der Waals surface area contributed by atoms with Gasteiger partial charge in [0.15, 0.2) is 0 Å². The van der Waals surface area contributed by atoms with Crippen LogP contribution in [0.2, 0.25) is 0 Å². The first-order valence-electron chi connectivity index (χ1n) is 13.8. The number of primary amides is 1. The van der Waals surface area contributed by atoms with Crippen LogP contribution in [-0.4, -0.2) is 52.8 Å². The van der Waals surface area contributed by atoms with Gasteiger partial charge in [-0.15, -0.1) is 0 Å². The molecule has 3 atom stereocenters. The maximum Gasteiger partial charge on any atom is 0.247 e. The zero-order valence-electron chi connectivity index (χ0n) is 22.3. The molecule has 8 nitrogen and oxygen atoms in total. The number of likely N-dealkylation sites (tertiary alicyclic amines) is 1. The lowest BCUT2D eigenvalue weighted by Crippen LogP contribution is -2.43. The van der Waals surface area contributed by atoms with Crippen molar-refractivity contribution in [3.8, 4) is 0 Å². The zero-order valence-corrected chi connectivity index (χ0v) is 22.3. The molecule has 4 N–H and O–H groups in total. The molecule has 2 saturated heterocycles. The van der Waals surface area contributed by atoms with Gasteiger partial charge in [-0.25, -0.2) is 0 Å². The van der Waals surface area contributed by atoms with Crippen molar-refractivity contribution in [2.45, 2.75) is 43.7 Å². The van der Waals surface area contributed by atoms with Crippen molar-refractivity contribution < 1.29 is 14.4 Å². The van der Waals surface area contributed by atoms with Crippen LogP contribution >= 0.6 is 0 Å². The van der Waals surface area contributed by atoms with Crippen molar-refractivity contribution in [1.82, 2.24) is 9.88 Å². The van der Waals surface area contributed by atoms with E-state index in [2.05, 4.69) is 21.3 Å². The van der Waals surface area contributed by atoms with E-state index < -0.39 is 6.04 Å². The molecule has 6 rings (SSSR count). The lowest BCUT2D eigenvalue weighted by Gasteiger charge is -2.24. The van der Waals surface area contributed by atoms with E-state index in [1.54, 1.807) is 4.90 Å². The Morgan fingerprint density at radius 1 is 0.925 bits per heavy atom. The standard InChI is InChI=1S/C32H33N5O3/c33-31(39)29-18-23(20-37(29)25-10-5-2-6-11-25)26-17-22-13-14-24(19-27(22)35-26)34-32(40)28-12-7-15-36(28)30(38)16-21-8-3-1-4-9-21/h1-6,8-11,13-14,17,19,23,28-29,35H,7,12,15-16,18,20H2,(H2,33,39)(H,34,40)/t23?,28-,29?/m0/s1. The van der Waals surface area contributed by atoms with Crippen molar-refractivity contribution in [2.75, 3.05) is 23.3 Å². The number of hydrogen-bond donors (Lipinski definition) is 3. The van der Waals surface area contributed by atoms with Gasteiger partial charge in [-0.05, 0) is 60.5 Å². The Kier molecular flexibility index (Phi) is 6.99. The maximum absolute atomic E-state index is 13.2. The summed E-state index contributed by atoms with van der Waals surface area (Å²) in [5.74, 6) is -0.395. The quantitative estimate of drug-likeness (QED) is 0.330. The fraction of sp³-hybridized carbons (Fsp3) is 0.281. The molecule has 40 heavy (non-hydrogen) atoms. The van der Waals surface area contributed by atoms with E-state index in [0.29, 0.717) is 38.0 Å². The van der Waals surface area contributed by atoms with Gasteiger partial charge in [-0.1, -0.05) is 54.6 Å². The molecule has 3 aromatic carbocycles. The number of carbonyl (C=O) groups is 3. The third-order valence-electron chi connectivity index (χ3n) is 8.14. The molecule has 2 aliphatic heterocycles. The Labute approximate surface area is 233 Å². The van der Waals surface area contributed by atoms with Crippen LogP contribution in [0.15, 0.2) is 84.9 Å². The summed E-state index contributed by atoms with van der Waals surface area (Å²) in [5.41, 5.74) is 10.3. The second-order valence-corrected chi connectivity index (χ2v) is 10.8. The molecule has 3 amide bonds. The number of fused-ring (bicyclic) bond motifs is 1. The van der Waals surface area contributed by atoms with Gasteiger partial charge >= 0.3 is 0 Å². The van der Waals surface area contributed by atoms with E-state index in [-0.39, 0.29) is 29.7 Å². The number of rotatable bonds is 7. The highest BCUT2D eigenvalue weighted by atomic mass is 16.2. The van der Waals surface area contributed by atoms with Gasteiger partial charge in [0.05, 0.1) is 6.42 Å². The highest BCUT2D eigenvalue weighted by Crippen LogP contribution is 2.36. The van der Waals surface area contributed by atoms with Crippen LogP contribution in [-0.2, 0) is 20.8 Å². The summed E-state index contributed by atoms with van der Waals surface area (Å²) in [6.07, 6.45) is 2.39. The number of nitrogens with zero attached hydrogens (tertiary/aromatic N) is 2. The molecule has 3 heterocycles. The SMILES string of the molecule is NC(=O)C1CC(c2cc3ccc(NC(=O)[C@@H]4CCCN4C(=O)Cc4ccccc4)cc3[nH]2)CN1c1ccccc1. The van der Waals surface area contributed by atoms with E-state index in [9.17, 15) is 14.4 Å². The van der Waals surface area contributed by atoms with Gasteiger partial charge in [0.25, 0.3) is 0 Å². The van der Waals surface area contributed by atoms with Crippen molar-refractivity contribution >= 4 is 40.0 Å². The lowest BCUT2D eigenvalue weighted by molar-refractivity contribution is -0.136. The summed E-state index contributed by atoms with van der Waals surface area (Å²) < 4.78 is 0. The molecule has 2 unspecified atom stereocenters. The number of para-hydroxylation sites is 1. The van der Waals surface area contributed by atoms with E-state index in [1.807, 2.05) is 78.9 Å². The predicted molar refractivity (Wildman–Crippen MR) is 156 cm³/mol. The van der Waals surface area contributed by atoms with Crippen LogP contribution < -0.4 is 16.0 Å². The van der Waals surface area contributed by atoms with Crippen LogP contribution in [0, 0.1) is 0 Å². The third kappa shape index (κ3) is 5.17. The number of benzene rings is 3. The first-order valence-corrected chi connectivity index (χ1v) is 13.8. The molecular weight excluding hydrogens is 502 g/mol. The molecule has 204 valence electrons. The van der Waals surface area contributed by atoms with Gasteiger partial charge < -0.3 is 25.8 Å². The normalized spacial score (nSPS) is 20.6. The summed E-state index contributed by atoms with van der Waals surface area (Å²) in [7, 11) is 0. The van der Waals surface area contributed by atoms with Gasteiger partial charge in [-0.3, -0.25) is 14.4 Å². The van der Waals surface area contributed by atoms with Crippen LogP contribution in [0.4, 0.5) is 11.4 Å². The number of amides is 3. The van der Waals surface area contributed by atoms with E-state index >= 15 is 0 Å². The number of carbonyl (C=O) groups excluding carboxylic acids is 3. The summed E-state index contributed by atoms with van der Waals surface area (Å²) in [6.45, 7) is 1.28. The van der Waals surface area contributed by atoms with Crippen LogP contribution in [0.1, 0.15) is 36.4 Å².